The Hall–Kier alpha value is -2.48. The van der Waals surface area contributed by atoms with Crippen LogP contribution in [0.5, 0.6) is 0 Å². The van der Waals surface area contributed by atoms with Gasteiger partial charge in [0, 0.05) is 36.4 Å². The Labute approximate surface area is 175 Å². The number of aromatic amines is 1. The average Bonchev–Trinajstić information content (AvgIpc) is 3.20. The van der Waals surface area contributed by atoms with E-state index in [9.17, 15) is 0 Å². The van der Waals surface area contributed by atoms with Gasteiger partial charge < -0.3 is 15.4 Å². The smallest absolute Gasteiger partial charge is 0.165 e. The van der Waals surface area contributed by atoms with Gasteiger partial charge in [-0.25, -0.2) is 9.97 Å². The first-order valence-electron chi connectivity index (χ1n) is 9.87. The van der Waals surface area contributed by atoms with Gasteiger partial charge >= 0.3 is 0 Å². The maximum Gasteiger partial charge on any atom is 0.165 e. The maximum atomic E-state index is 6.09. The van der Waals surface area contributed by atoms with Crippen LogP contribution in [0.4, 0.5) is 5.82 Å². The minimum absolute atomic E-state index is 0.397. The van der Waals surface area contributed by atoms with Crippen molar-refractivity contribution in [3.05, 3.63) is 47.2 Å². The Kier molecular flexibility index (Phi) is 6.39. The highest BCUT2D eigenvalue weighted by Crippen LogP contribution is 2.38. The molecule has 2 aromatic heterocycles. The Balaban J connectivity index is 1.76. The molecule has 0 radical (unpaired) electrons. The van der Waals surface area contributed by atoms with Crippen molar-refractivity contribution in [1.29, 1.82) is 0 Å². The summed E-state index contributed by atoms with van der Waals surface area (Å²) >= 11 is 6.09. The third kappa shape index (κ3) is 4.58. The van der Waals surface area contributed by atoms with Gasteiger partial charge in [0.2, 0.25) is 0 Å². The summed E-state index contributed by atoms with van der Waals surface area (Å²) in [5.41, 5.74) is 3.91. The normalized spacial score (nSPS) is 14.8. The lowest BCUT2D eigenvalue weighted by atomic mass is 9.90. The van der Waals surface area contributed by atoms with Gasteiger partial charge in [0.15, 0.2) is 5.82 Å². The lowest BCUT2D eigenvalue weighted by Gasteiger charge is -2.22. The second-order valence-corrected chi connectivity index (χ2v) is 7.51. The third-order valence-electron chi connectivity index (χ3n) is 5.15. The molecule has 152 valence electrons. The van der Waals surface area contributed by atoms with Gasteiger partial charge in [-0.1, -0.05) is 23.7 Å². The van der Waals surface area contributed by atoms with Crippen LogP contribution in [0.1, 0.15) is 24.5 Å². The van der Waals surface area contributed by atoms with Crippen molar-refractivity contribution >= 4 is 17.4 Å². The zero-order chi connectivity index (χ0) is 20.1. The number of nitrogens with one attached hydrogen (secondary N) is 3. The van der Waals surface area contributed by atoms with Gasteiger partial charge in [-0.15, -0.1) is 0 Å². The van der Waals surface area contributed by atoms with Crippen LogP contribution in [0.25, 0.3) is 22.6 Å². The molecule has 3 heterocycles. The Morgan fingerprint density at radius 3 is 2.72 bits per heavy atom. The number of anilines is 1. The molecule has 0 atom stereocenters. The van der Waals surface area contributed by atoms with Crippen molar-refractivity contribution < 1.29 is 4.74 Å². The van der Waals surface area contributed by atoms with Gasteiger partial charge in [-0.05, 0) is 44.1 Å². The third-order valence-corrected chi connectivity index (χ3v) is 5.40. The lowest BCUT2D eigenvalue weighted by molar-refractivity contribution is 0.210. The van der Waals surface area contributed by atoms with E-state index < -0.39 is 0 Å². The predicted octanol–water partition coefficient (Wildman–Crippen LogP) is 3.71. The first kappa shape index (κ1) is 19.8. The van der Waals surface area contributed by atoms with Crippen LogP contribution in [0.3, 0.4) is 0 Å². The number of halogens is 1. The molecule has 1 aromatic carbocycles. The number of piperidine rings is 1. The standard InChI is InChI=1S/C21H25ClN6O/c1-29-13-12-24-17-8-11-25-21(26-17)18-19(14-2-4-16(22)5-3-14)27-28-20(18)15-6-9-23-10-7-15/h2-5,8,11,15,23H,6-7,9-10,12-13H2,1H3,(H,27,28)(H,24,25,26). The molecular weight excluding hydrogens is 388 g/mol. The zero-order valence-corrected chi connectivity index (χ0v) is 17.2. The molecule has 0 saturated carbocycles. The summed E-state index contributed by atoms with van der Waals surface area (Å²) in [5.74, 6) is 1.83. The van der Waals surface area contributed by atoms with E-state index in [4.69, 9.17) is 21.3 Å². The van der Waals surface area contributed by atoms with E-state index in [1.165, 1.54) is 0 Å². The Morgan fingerprint density at radius 1 is 1.17 bits per heavy atom. The fourth-order valence-electron chi connectivity index (χ4n) is 3.66. The Bertz CT molecular complexity index is 937. The molecule has 0 spiro atoms. The van der Waals surface area contributed by atoms with Gasteiger partial charge in [0.05, 0.1) is 17.9 Å². The van der Waals surface area contributed by atoms with E-state index in [0.29, 0.717) is 29.9 Å². The first-order chi connectivity index (χ1) is 14.3. The predicted molar refractivity (Wildman–Crippen MR) is 115 cm³/mol. The summed E-state index contributed by atoms with van der Waals surface area (Å²) in [6, 6.07) is 9.58. The number of nitrogens with zero attached hydrogens (tertiary/aromatic N) is 3. The molecule has 0 bridgehead atoms. The summed E-state index contributed by atoms with van der Waals surface area (Å²) in [7, 11) is 1.68. The van der Waals surface area contributed by atoms with E-state index >= 15 is 0 Å². The molecule has 4 rings (SSSR count). The molecule has 29 heavy (non-hydrogen) atoms. The van der Waals surface area contributed by atoms with Gasteiger partial charge in [0.1, 0.15) is 11.5 Å². The minimum Gasteiger partial charge on any atom is -0.383 e. The van der Waals surface area contributed by atoms with Crippen molar-refractivity contribution in [2.45, 2.75) is 18.8 Å². The Morgan fingerprint density at radius 2 is 1.97 bits per heavy atom. The maximum absolute atomic E-state index is 6.09. The molecular formula is C21H25ClN6O. The molecule has 0 aliphatic carbocycles. The number of aromatic nitrogens is 4. The first-order valence-corrected chi connectivity index (χ1v) is 10.2. The van der Waals surface area contributed by atoms with Gasteiger partial charge in [0.25, 0.3) is 0 Å². The summed E-state index contributed by atoms with van der Waals surface area (Å²) < 4.78 is 5.11. The van der Waals surface area contributed by atoms with Gasteiger partial charge in [-0.3, -0.25) is 5.10 Å². The fraction of sp³-hybridized carbons (Fsp3) is 0.381. The molecule has 1 fully saturated rings. The average molecular weight is 413 g/mol. The number of benzene rings is 1. The van der Waals surface area contributed by atoms with Crippen LogP contribution in [0.15, 0.2) is 36.5 Å². The quantitative estimate of drug-likeness (QED) is 0.513. The van der Waals surface area contributed by atoms with E-state index in [0.717, 1.165) is 54.3 Å². The number of rotatable bonds is 7. The second-order valence-electron chi connectivity index (χ2n) is 7.08. The molecule has 1 saturated heterocycles. The topological polar surface area (TPSA) is 87.8 Å². The number of hydrogen-bond acceptors (Lipinski definition) is 6. The summed E-state index contributed by atoms with van der Waals surface area (Å²) in [6.07, 6.45) is 3.89. The number of H-pyrrole nitrogens is 1. The molecule has 8 heteroatoms. The highest BCUT2D eigenvalue weighted by atomic mass is 35.5. The van der Waals surface area contributed by atoms with Crippen LogP contribution >= 0.6 is 11.6 Å². The highest BCUT2D eigenvalue weighted by molar-refractivity contribution is 6.30. The van der Waals surface area contributed by atoms with E-state index in [1.54, 1.807) is 13.3 Å². The number of ether oxygens (including phenoxy) is 1. The van der Waals surface area contributed by atoms with Crippen LogP contribution in [-0.4, -0.2) is 53.5 Å². The minimum atomic E-state index is 0.397. The van der Waals surface area contributed by atoms with E-state index in [-0.39, 0.29) is 0 Å². The monoisotopic (exact) mass is 412 g/mol. The van der Waals surface area contributed by atoms with Crippen LogP contribution in [0, 0.1) is 0 Å². The van der Waals surface area contributed by atoms with Crippen LogP contribution < -0.4 is 10.6 Å². The summed E-state index contributed by atoms with van der Waals surface area (Å²) in [6.45, 7) is 3.29. The summed E-state index contributed by atoms with van der Waals surface area (Å²) in [5, 5.41) is 15.4. The van der Waals surface area contributed by atoms with E-state index in [1.807, 2.05) is 30.3 Å². The van der Waals surface area contributed by atoms with Crippen molar-refractivity contribution in [3.63, 3.8) is 0 Å². The molecule has 1 aliphatic heterocycles. The second kappa shape index (κ2) is 9.35. The van der Waals surface area contributed by atoms with Crippen molar-refractivity contribution in [2.24, 2.45) is 0 Å². The zero-order valence-electron chi connectivity index (χ0n) is 16.4. The van der Waals surface area contributed by atoms with Gasteiger partial charge in [-0.2, -0.15) is 5.10 Å². The number of hydrogen-bond donors (Lipinski definition) is 3. The molecule has 1 aliphatic rings. The highest BCUT2D eigenvalue weighted by Gasteiger charge is 2.26. The van der Waals surface area contributed by atoms with E-state index in [2.05, 4.69) is 25.8 Å². The largest absolute Gasteiger partial charge is 0.383 e. The van der Waals surface area contributed by atoms with Crippen LogP contribution in [-0.2, 0) is 4.74 Å². The lowest BCUT2D eigenvalue weighted by Crippen LogP contribution is -2.27. The van der Waals surface area contributed by atoms with Crippen molar-refractivity contribution in [2.75, 3.05) is 38.7 Å². The molecule has 0 unspecified atom stereocenters. The molecule has 3 N–H and O–H groups in total. The number of methoxy groups -OCH3 is 1. The fourth-order valence-corrected chi connectivity index (χ4v) is 3.79. The van der Waals surface area contributed by atoms with Crippen LogP contribution in [0.2, 0.25) is 5.02 Å². The van der Waals surface area contributed by atoms with Crippen molar-refractivity contribution in [3.8, 4) is 22.6 Å². The SMILES string of the molecule is COCCNc1ccnc(-c2c(-c3ccc(Cl)cc3)n[nH]c2C2CCNCC2)n1. The van der Waals surface area contributed by atoms with Crippen molar-refractivity contribution in [1.82, 2.24) is 25.5 Å². The molecule has 0 amide bonds. The molecule has 3 aromatic rings. The summed E-state index contributed by atoms with van der Waals surface area (Å²) in [4.78, 5) is 9.35. The molecule has 7 nitrogen and oxygen atoms in total.